The summed E-state index contributed by atoms with van der Waals surface area (Å²) in [5.74, 6) is -0.257. The Labute approximate surface area is 123 Å². The maximum atomic E-state index is 12.0. The lowest BCUT2D eigenvalue weighted by Crippen LogP contribution is -2.12. The minimum atomic E-state index is -0.257. The molecule has 2 aromatic carbocycles. The second-order valence-corrected chi connectivity index (χ2v) is 4.94. The minimum Gasteiger partial charge on any atom is -0.321 e. The number of carbonyl (C=O) groups is 1. The van der Waals surface area contributed by atoms with Crippen LogP contribution in [0.25, 0.3) is 0 Å². The van der Waals surface area contributed by atoms with Gasteiger partial charge in [0.2, 0.25) is 0 Å². The van der Waals surface area contributed by atoms with Crippen LogP contribution in [0.15, 0.2) is 46.9 Å². The highest BCUT2D eigenvalue weighted by atomic mass is 79.9. The summed E-state index contributed by atoms with van der Waals surface area (Å²) in [5, 5.41) is 12.0. The molecular weight excluding hydrogens is 328 g/mol. The Kier molecular flexibility index (Phi) is 4.20. The summed E-state index contributed by atoms with van der Waals surface area (Å²) < 4.78 is 0.638. The van der Waals surface area contributed by atoms with E-state index < -0.39 is 0 Å². The fraction of sp³-hybridized carbons (Fsp3) is 0. The van der Waals surface area contributed by atoms with E-state index in [-0.39, 0.29) is 5.91 Å². The van der Waals surface area contributed by atoms with Crippen LogP contribution in [-0.2, 0) is 0 Å². The molecule has 1 N–H and O–H groups in total. The van der Waals surface area contributed by atoms with E-state index in [9.17, 15) is 4.79 Å². The predicted octanol–water partition coefficient (Wildman–Crippen LogP) is 4.23. The molecule has 0 aliphatic heterocycles. The molecule has 1 amide bonds. The van der Waals surface area contributed by atoms with Crippen molar-refractivity contribution in [3.63, 3.8) is 0 Å². The molecule has 94 valence electrons. The third kappa shape index (κ3) is 3.14. The smallest absolute Gasteiger partial charge is 0.255 e. The van der Waals surface area contributed by atoms with Gasteiger partial charge in [-0.3, -0.25) is 4.79 Å². The average molecular weight is 336 g/mol. The first-order chi connectivity index (χ1) is 9.11. The van der Waals surface area contributed by atoms with Crippen LogP contribution in [-0.4, -0.2) is 5.91 Å². The Morgan fingerprint density at radius 2 is 1.89 bits per heavy atom. The molecule has 0 aliphatic rings. The zero-order chi connectivity index (χ0) is 13.8. The van der Waals surface area contributed by atoms with E-state index in [2.05, 4.69) is 21.2 Å². The number of halogens is 2. The van der Waals surface area contributed by atoms with Gasteiger partial charge in [0.05, 0.1) is 26.8 Å². The molecule has 0 atom stereocenters. The predicted molar refractivity (Wildman–Crippen MR) is 78.3 cm³/mol. The molecule has 0 saturated carbocycles. The van der Waals surface area contributed by atoms with Gasteiger partial charge in [-0.1, -0.05) is 17.7 Å². The van der Waals surface area contributed by atoms with Crippen molar-refractivity contribution in [2.45, 2.75) is 0 Å². The summed E-state index contributed by atoms with van der Waals surface area (Å²) in [6.07, 6.45) is 0. The summed E-state index contributed by atoms with van der Waals surface area (Å²) >= 11 is 9.26. The topological polar surface area (TPSA) is 52.9 Å². The van der Waals surface area contributed by atoms with Crippen molar-refractivity contribution in [1.82, 2.24) is 0 Å². The van der Waals surface area contributed by atoms with Crippen LogP contribution in [0, 0.1) is 11.3 Å². The number of nitriles is 1. The maximum Gasteiger partial charge on any atom is 0.255 e. The van der Waals surface area contributed by atoms with E-state index in [1.54, 1.807) is 42.5 Å². The Hall–Kier alpha value is -1.83. The molecule has 0 fully saturated rings. The Bertz CT molecular complexity index is 662. The number of amides is 1. The highest BCUT2D eigenvalue weighted by Crippen LogP contribution is 2.30. The number of benzene rings is 2. The molecule has 0 aliphatic carbocycles. The maximum absolute atomic E-state index is 12.0. The normalized spacial score (nSPS) is 9.74. The van der Waals surface area contributed by atoms with Crippen molar-refractivity contribution in [2.75, 3.05) is 5.32 Å². The standard InChI is InChI=1S/C14H8BrClN2O/c15-13-11(16)2-1-3-12(13)18-14(19)10-6-4-9(8-17)5-7-10/h1-7H,(H,18,19). The van der Waals surface area contributed by atoms with E-state index in [1.807, 2.05) is 6.07 Å². The van der Waals surface area contributed by atoms with Gasteiger partial charge in [-0.15, -0.1) is 0 Å². The zero-order valence-corrected chi connectivity index (χ0v) is 12.0. The molecule has 0 aromatic heterocycles. The van der Waals surface area contributed by atoms with E-state index in [1.165, 1.54) is 0 Å². The summed E-state index contributed by atoms with van der Waals surface area (Å²) in [7, 11) is 0. The highest BCUT2D eigenvalue weighted by Gasteiger charge is 2.09. The van der Waals surface area contributed by atoms with Crippen LogP contribution in [0.4, 0.5) is 5.69 Å². The molecule has 0 unspecified atom stereocenters. The van der Waals surface area contributed by atoms with E-state index in [0.717, 1.165) is 0 Å². The lowest BCUT2D eigenvalue weighted by Gasteiger charge is -2.08. The van der Waals surface area contributed by atoms with Crippen molar-refractivity contribution in [3.8, 4) is 6.07 Å². The van der Waals surface area contributed by atoms with Gasteiger partial charge in [0.15, 0.2) is 0 Å². The number of nitrogens with one attached hydrogen (secondary N) is 1. The van der Waals surface area contributed by atoms with Crippen LogP contribution in [0.5, 0.6) is 0 Å². The SMILES string of the molecule is N#Cc1ccc(C(=O)Nc2cccc(Cl)c2Br)cc1. The summed E-state index contributed by atoms with van der Waals surface area (Å²) in [6.45, 7) is 0. The molecule has 0 spiro atoms. The second-order valence-electron chi connectivity index (χ2n) is 3.74. The van der Waals surface area contributed by atoms with E-state index in [4.69, 9.17) is 16.9 Å². The molecule has 2 rings (SSSR count). The van der Waals surface area contributed by atoms with Gasteiger partial charge in [0, 0.05) is 5.56 Å². The second kappa shape index (κ2) is 5.87. The molecule has 0 heterocycles. The van der Waals surface area contributed by atoms with Crippen molar-refractivity contribution in [2.24, 2.45) is 0 Å². The minimum absolute atomic E-state index is 0.257. The first-order valence-electron chi connectivity index (χ1n) is 5.37. The molecular formula is C14H8BrClN2O. The first-order valence-corrected chi connectivity index (χ1v) is 6.54. The van der Waals surface area contributed by atoms with Crippen LogP contribution in [0.2, 0.25) is 5.02 Å². The fourth-order valence-corrected chi connectivity index (χ4v) is 2.03. The highest BCUT2D eigenvalue weighted by molar-refractivity contribution is 9.10. The number of hydrogen-bond acceptors (Lipinski definition) is 2. The van der Waals surface area contributed by atoms with Gasteiger partial charge >= 0.3 is 0 Å². The van der Waals surface area contributed by atoms with Gasteiger partial charge in [-0.25, -0.2) is 0 Å². The lowest BCUT2D eigenvalue weighted by atomic mass is 10.1. The lowest BCUT2D eigenvalue weighted by molar-refractivity contribution is 0.102. The van der Waals surface area contributed by atoms with Crippen LogP contribution in [0.3, 0.4) is 0 Å². The number of hydrogen-bond donors (Lipinski definition) is 1. The number of carbonyl (C=O) groups excluding carboxylic acids is 1. The number of rotatable bonds is 2. The van der Waals surface area contributed by atoms with Crippen molar-refractivity contribution >= 4 is 39.1 Å². The number of anilines is 1. The van der Waals surface area contributed by atoms with E-state index in [0.29, 0.717) is 26.3 Å². The van der Waals surface area contributed by atoms with Gasteiger partial charge in [-0.05, 0) is 52.3 Å². The van der Waals surface area contributed by atoms with Crippen LogP contribution < -0.4 is 5.32 Å². The molecule has 2 aromatic rings. The third-order valence-corrected chi connectivity index (χ3v) is 3.87. The quantitative estimate of drug-likeness (QED) is 0.893. The Balaban J connectivity index is 2.21. The van der Waals surface area contributed by atoms with Crippen molar-refractivity contribution in [3.05, 3.63) is 63.1 Å². The van der Waals surface area contributed by atoms with Gasteiger partial charge in [0.25, 0.3) is 5.91 Å². The molecule has 3 nitrogen and oxygen atoms in total. The van der Waals surface area contributed by atoms with Gasteiger partial charge in [0.1, 0.15) is 0 Å². The third-order valence-electron chi connectivity index (χ3n) is 2.48. The van der Waals surface area contributed by atoms with Gasteiger partial charge < -0.3 is 5.32 Å². The van der Waals surface area contributed by atoms with E-state index >= 15 is 0 Å². The zero-order valence-electron chi connectivity index (χ0n) is 9.65. The molecule has 5 heteroatoms. The Morgan fingerprint density at radius 3 is 2.53 bits per heavy atom. The van der Waals surface area contributed by atoms with Crippen LogP contribution in [0.1, 0.15) is 15.9 Å². The van der Waals surface area contributed by atoms with Gasteiger partial charge in [-0.2, -0.15) is 5.26 Å². The summed E-state index contributed by atoms with van der Waals surface area (Å²) in [5.41, 5.74) is 1.59. The first kappa shape index (κ1) is 13.6. The number of nitrogens with zero attached hydrogens (tertiary/aromatic N) is 1. The monoisotopic (exact) mass is 334 g/mol. The average Bonchev–Trinajstić information content (AvgIpc) is 2.44. The Morgan fingerprint density at radius 1 is 1.21 bits per heavy atom. The molecule has 0 saturated heterocycles. The largest absolute Gasteiger partial charge is 0.321 e. The summed E-state index contributed by atoms with van der Waals surface area (Å²) in [6, 6.07) is 13.6. The summed E-state index contributed by atoms with van der Waals surface area (Å²) in [4.78, 5) is 12.0. The van der Waals surface area contributed by atoms with Crippen LogP contribution >= 0.6 is 27.5 Å². The fourth-order valence-electron chi connectivity index (χ4n) is 1.49. The molecule has 0 radical (unpaired) electrons. The molecule has 19 heavy (non-hydrogen) atoms. The van der Waals surface area contributed by atoms with Crippen molar-refractivity contribution < 1.29 is 4.79 Å². The van der Waals surface area contributed by atoms with Crippen molar-refractivity contribution in [1.29, 1.82) is 5.26 Å². The molecule has 0 bridgehead atoms.